The number of anilines is 2. The first kappa shape index (κ1) is 10.8. The van der Waals surface area contributed by atoms with E-state index in [1.165, 1.54) is 0 Å². The minimum absolute atomic E-state index is 0.279. The Morgan fingerprint density at radius 2 is 2.36 bits per heavy atom. The zero-order valence-electron chi connectivity index (χ0n) is 8.64. The fourth-order valence-corrected chi connectivity index (χ4v) is 1.14. The highest BCUT2D eigenvalue weighted by atomic mass is 16.3. The lowest BCUT2D eigenvalue weighted by Gasteiger charge is -2.18. The van der Waals surface area contributed by atoms with Crippen LogP contribution in [0.3, 0.4) is 0 Å². The highest BCUT2D eigenvalue weighted by Gasteiger charge is 2.03. The molecule has 0 aliphatic rings. The molecule has 78 valence electrons. The van der Waals surface area contributed by atoms with Crippen LogP contribution in [0.4, 0.5) is 11.5 Å². The maximum absolute atomic E-state index is 9.13. The molecule has 0 spiro atoms. The second kappa shape index (κ2) is 4.81. The van der Waals surface area contributed by atoms with E-state index in [2.05, 4.69) is 4.98 Å². The number of aromatic nitrogens is 1. The number of nitrogens with two attached hydrogens (primary N) is 1. The third-order valence-electron chi connectivity index (χ3n) is 2.04. The molecule has 1 atom stereocenters. The summed E-state index contributed by atoms with van der Waals surface area (Å²) in [6.07, 6.45) is 2.13. The van der Waals surface area contributed by atoms with Gasteiger partial charge in [0.1, 0.15) is 5.82 Å². The second-order valence-electron chi connectivity index (χ2n) is 3.51. The Bertz CT molecular complexity index is 288. The van der Waals surface area contributed by atoms with Crippen LogP contribution in [0, 0.1) is 0 Å². The van der Waals surface area contributed by atoms with E-state index in [4.69, 9.17) is 10.8 Å². The molecule has 0 fully saturated rings. The van der Waals surface area contributed by atoms with Gasteiger partial charge in [0.25, 0.3) is 0 Å². The van der Waals surface area contributed by atoms with Gasteiger partial charge in [-0.05, 0) is 19.4 Å². The van der Waals surface area contributed by atoms with Crippen LogP contribution in [0.25, 0.3) is 0 Å². The second-order valence-corrected chi connectivity index (χ2v) is 3.51. The molecule has 1 aromatic heterocycles. The molecule has 1 aromatic rings. The summed E-state index contributed by atoms with van der Waals surface area (Å²) >= 11 is 0. The first-order valence-corrected chi connectivity index (χ1v) is 4.70. The fraction of sp³-hybridized carbons (Fsp3) is 0.500. The van der Waals surface area contributed by atoms with E-state index in [-0.39, 0.29) is 6.10 Å². The number of rotatable bonds is 4. The van der Waals surface area contributed by atoms with Crippen molar-refractivity contribution in [3.8, 4) is 0 Å². The lowest BCUT2D eigenvalue weighted by molar-refractivity contribution is 0.187. The summed E-state index contributed by atoms with van der Waals surface area (Å²) in [6.45, 7) is 2.55. The summed E-state index contributed by atoms with van der Waals surface area (Å²) in [6, 6.07) is 3.58. The van der Waals surface area contributed by atoms with Gasteiger partial charge in [-0.1, -0.05) is 0 Å². The average Bonchev–Trinajstić information content (AvgIpc) is 2.14. The lowest BCUT2D eigenvalue weighted by atomic mass is 10.2. The van der Waals surface area contributed by atoms with Crippen molar-refractivity contribution in [3.05, 3.63) is 18.3 Å². The van der Waals surface area contributed by atoms with Crippen LogP contribution in [0.15, 0.2) is 18.3 Å². The first-order valence-electron chi connectivity index (χ1n) is 4.70. The number of aliphatic hydroxyl groups excluding tert-OH is 1. The number of nitrogen functional groups attached to an aromatic ring is 1. The van der Waals surface area contributed by atoms with Crippen molar-refractivity contribution in [2.24, 2.45) is 0 Å². The maximum Gasteiger partial charge on any atom is 0.130 e. The summed E-state index contributed by atoms with van der Waals surface area (Å²) in [7, 11) is 1.93. The number of hydrogen-bond donors (Lipinski definition) is 2. The first-order chi connectivity index (χ1) is 6.59. The van der Waals surface area contributed by atoms with Gasteiger partial charge < -0.3 is 15.7 Å². The van der Waals surface area contributed by atoms with Crippen molar-refractivity contribution in [3.63, 3.8) is 0 Å². The standard InChI is InChI=1S/C10H17N3O/c1-8(14)4-6-13(2)10-7-9(11)3-5-12-10/h3,5,7-8,14H,4,6H2,1-2H3,(H2,11,12). The van der Waals surface area contributed by atoms with E-state index in [9.17, 15) is 0 Å². The zero-order chi connectivity index (χ0) is 10.6. The molecule has 0 bridgehead atoms. The summed E-state index contributed by atoms with van der Waals surface area (Å²) in [5.74, 6) is 0.839. The fourth-order valence-electron chi connectivity index (χ4n) is 1.14. The molecule has 4 nitrogen and oxygen atoms in total. The Morgan fingerprint density at radius 3 is 2.93 bits per heavy atom. The van der Waals surface area contributed by atoms with Crippen molar-refractivity contribution in [1.29, 1.82) is 0 Å². The number of hydrogen-bond acceptors (Lipinski definition) is 4. The van der Waals surface area contributed by atoms with E-state index >= 15 is 0 Å². The average molecular weight is 195 g/mol. The predicted molar refractivity (Wildman–Crippen MR) is 58.2 cm³/mol. The number of pyridine rings is 1. The summed E-state index contributed by atoms with van der Waals surface area (Å²) in [5, 5.41) is 9.13. The van der Waals surface area contributed by atoms with Gasteiger partial charge in [-0.25, -0.2) is 4.98 Å². The minimum Gasteiger partial charge on any atom is -0.399 e. The van der Waals surface area contributed by atoms with Gasteiger partial charge in [-0.15, -0.1) is 0 Å². The molecule has 1 unspecified atom stereocenters. The molecule has 0 amide bonds. The Morgan fingerprint density at radius 1 is 1.64 bits per heavy atom. The van der Waals surface area contributed by atoms with Crippen LogP contribution in [0.2, 0.25) is 0 Å². The van der Waals surface area contributed by atoms with Crippen molar-refractivity contribution >= 4 is 11.5 Å². The molecule has 3 N–H and O–H groups in total. The maximum atomic E-state index is 9.13. The van der Waals surface area contributed by atoms with Gasteiger partial charge in [0.05, 0.1) is 6.10 Å². The molecule has 0 aromatic carbocycles. The molecule has 0 saturated heterocycles. The predicted octanol–water partition coefficient (Wildman–Crippen LogP) is 0.871. The highest BCUT2D eigenvalue weighted by Crippen LogP contribution is 2.12. The quantitative estimate of drug-likeness (QED) is 0.748. The van der Waals surface area contributed by atoms with Gasteiger partial charge in [-0.3, -0.25) is 0 Å². The zero-order valence-corrected chi connectivity index (χ0v) is 8.64. The van der Waals surface area contributed by atoms with E-state index < -0.39 is 0 Å². The lowest BCUT2D eigenvalue weighted by Crippen LogP contribution is -2.22. The minimum atomic E-state index is -0.279. The SMILES string of the molecule is CC(O)CCN(C)c1cc(N)ccn1. The molecule has 0 aliphatic heterocycles. The normalized spacial score (nSPS) is 12.5. The number of aliphatic hydroxyl groups is 1. The van der Waals surface area contributed by atoms with Crippen molar-refractivity contribution in [2.75, 3.05) is 24.2 Å². The molecule has 0 aliphatic carbocycles. The summed E-state index contributed by atoms with van der Waals surface area (Å²) in [4.78, 5) is 6.16. The van der Waals surface area contributed by atoms with Gasteiger partial charge >= 0.3 is 0 Å². The molecule has 14 heavy (non-hydrogen) atoms. The molecular weight excluding hydrogens is 178 g/mol. The Hall–Kier alpha value is -1.29. The summed E-state index contributed by atoms with van der Waals surface area (Å²) in [5.41, 5.74) is 6.34. The monoisotopic (exact) mass is 195 g/mol. The van der Waals surface area contributed by atoms with Gasteiger partial charge in [0, 0.05) is 31.5 Å². The third-order valence-corrected chi connectivity index (χ3v) is 2.04. The topological polar surface area (TPSA) is 62.4 Å². The van der Waals surface area contributed by atoms with Crippen LogP contribution >= 0.6 is 0 Å². The Labute approximate surface area is 84.4 Å². The van der Waals surface area contributed by atoms with E-state index in [1.807, 2.05) is 18.0 Å². The molecule has 0 saturated carbocycles. The van der Waals surface area contributed by atoms with E-state index in [0.29, 0.717) is 5.69 Å². The van der Waals surface area contributed by atoms with E-state index in [0.717, 1.165) is 18.8 Å². The van der Waals surface area contributed by atoms with Crippen molar-refractivity contribution in [1.82, 2.24) is 4.98 Å². The van der Waals surface area contributed by atoms with E-state index in [1.54, 1.807) is 19.2 Å². The van der Waals surface area contributed by atoms with Crippen LogP contribution in [0.1, 0.15) is 13.3 Å². The molecular formula is C10H17N3O. The molecule has 4 heteroatoms. The van der Waals surface area contributed by atoms with Crippen LogP contribution in [-0.2, 0) is 0 Å². The number of nitrogens with zero attached hydrogens (tertiary/aromatic N) is 2. The van der Waals surface area contributed by atoms with Crippen LogP contribution < -0.4 is 10.6 Å². The molecule has 1 heterocycles. The Balaban J connectivity index is 2.56. The van der Waals surface area contributed by atoms with Crippen molar-refractivity contribution < 1.29 is 5.11 Å². The highest BCUT2D eigenvalue weighted by molar-refractivity contribution is 5.49. The van der Waals surface area contributed by atoms with Gasteiger partial charge in [-0.2, -0.15) is 0 Å². The van der Waals surface area contributed by atoms with Crippen molar-refractivity contribution in [2.45, 2.75) is 19.4 Å². The van der Waals surface area contributed by atoms with Gasteiger partial charge in [0.2, 0.25) is 0 Å². The molecule has 1 rings (SSSR count). The summed E-state index contributed by atoms with van der Waals surface area (Å²) < 4.78 is 0. The third kappa shape index (κ3) is 3.22. The largest absolute Gasteiger partial charge is 0.399 e. The van der Waals surface area contributed by atoms with Crippen LogP contribution in [0.5, 0.6) is 0 Å². The van der Waals surface area contributed by atoms with Crippen LogP contribution in [-0.4, -0.2) is 29.8 Å². The Kier molecular flexibility index (Phi) is 3.71. The molecule has 0 radical (unpaired) electrons. The smallest absolute Gasteiger partial charge is 0.130 e. The van der Waals surface area contributed by atoms with Gasteiger partial charge in [0.15, 0.2) is 0 Å².